The average Bonchev–Trinajstić information content (AvgIpc) is 2.70. The molecule has 0 aliphatic heterocycles. The third-order valence-electron chi connectivity index (χ3n) is 2.84. The summed E-state index contributed by atoms with van der Waals surface area (Å²) < 4.78 is 3.63. The molecule has 1 atom stereocenters. The van der Waals surface area contributed by atoms with Gasteiger partial charge in [-0.05, 0) is 87.4 Å². The Morgan fingerprint density at radius 1 is 1.32 bits per heavy atom. The molecule has 0 fully saturated rings. The second-order valence-corrected chi connectivity index (χ2v) is 8.74. The molecule has 0 saturated carbocycles. The van der Waals surface area contributed by atoms with Crippen LogP contribution in [0, 0.1) is 10.5 Å². The van der Waals surface area contributed by atoms with Gasteiger partial charge in [0.05, 0.1) is 9.83 Å². The summed E-state index contributed by atoms with van der Waals surface area (Å²) in [4.78, 5) is 1.35. The highest BCUT2D eigenvalue weighted by atomic mass is 127. The lowest BCUT2D eigenvalue weighted by atomic mass is 10.0. The monoisotopic (exact) mass is 513 g/mol. The maximum atomic E-state index is 3.62. The van der Waals surface area contributed by atoms with Crippen molar-refractivity contribution in [1.29, 1.82) is 0 Å². The maximum absolute atomic E-state index is 3.62. The summed E-state index contributed by atoms with van der Waals surface area (Å²) in [5, 5.41) is 3.59. The van der Waals surface area contributed by atoms with Crippen molar-refractivity contribution in [3.05, 3.63) is 52.1 Å². The number of halogens is 3. The molecule has 1 nitrogen and oxygen atoms in total. The molecular formula is C14H14Br2INS. The van der Waals surface area contributed by atoms with E-state index < -0.39 is 0 Å². The van der Waals surface area contributed by atoms with Gasteiger partial charge >= 0.3 is 0 Å². The first-order chi connectivity index (χ1) is 9.02. The summed E-state index contributed by atoms with van der Waals surface area (Å²) >= 11 is 11.4. The molecule has 0 spiro atoms. The van der Waals surface area contributed by atoms with Crippen LogP contribution < -0.4 is 5.32 Å². The van der Waals surface area contributed by atoms with E-state index in [9.17, 15) is 0 Å². The van der Waals surface area contributed by atoms with Gasteiger partial charge in [0.1, 0.15) is 0 Å². The fraction of sp³-hybridized carbons (Fsp3) is 0.286. The molecule has 102 valence electrons. The van der Waals surface area contributed by atoms with Crippen molar-refractivity contribution in [2.45, 2.75) is 19.9 Å². The summed E-state index contributed by atoms with van der Waals surface area (Å²) in [6.45, 7) is 5.23. The van der Waals surface area contributed by atoms with Gasteiger partial charge in [0.15, 0.2) is 0 Å². The van der Waals surface area contributed by atoms with Crippen molar-refractivity contribution < 1.29 is 0 Å². The van der Waals surface area contributed by atoms with Crippen LogP contribution >= 0.6 is 65.8 Å². The Morgan fingerprint density at radius 2 is 2.05 bits per heavy atom. The topological polar surface area (TPSA) is 12.0 Å². The van der Waals surface area contributed by atoms with Crippen LogP contribution in [0.4, 0.5) is 0 Å². The quantitative estimate of drug-likeness (QED) is 0.502. The molecule has 5 heteroatoms. The Kier molecular flexibility index (Phi) is 5.90. The molecular weight excluding hydrogens is 501 g/mol. The fourth-order valence-electron chi connectivity index (χ4n) is 1.93. The molecule has 1 unspecified atom stereocenters. The molecule has 0 saturated heterocycles. The second-order valence-electron chi connectivity index (χ2n) is 4.26. The van der Waals surface area contributed by atoms with E-state index in [1.54, 1.807) is 0 Å². The Hall–Kier alpha value is 0.570. The fourth-order valence-corrected chi connectivity index (χ4v) is 4.62. The van der Waals surface area contributed by atoms with Gasteiger partial charge in [0.25, 0.3) is 0 Å². The van der Waals surface area contributed by atoms with Gasteiger partial charge in [-0.25, -0.2) is 0 Å². The lowest BCUT2D eigenvalue weighted by molar-refractivity contribution is 0.637. The minimum absolute atomic E-state index is 0.254. The van der Waals surface area contributed by atoms with E-state index in [1.165, 1.54) is 23.4 Å². The van der Waals surface area contributed by atoms with Crippen LogP contribution in [0.3, 0.4) is 0 Å². The van der Waals surface area contributed by atoms with E-state index in [-0.39, 0.29) is 6.04 Å². The van der Waals surface area contributed by atoms with E-state index in [1.807, 2.05) is 11.3 Å². The van der Waals surface area contributed by atoms with Crippen molar-refractivity contribution >= 4 is 65.8 Å². The molecule has 0 aliphatic carbocycles. The molecule has 2 aromatic rings. The molecule has 2 rings (SSSR count). The van der Waals surface area contributed by atoms with E-state index in [0.717, 1.165) is 11.0 Å². The minimum atomic E-state index is 0.254. The Balaban J connectivity index is 2.47. The first kappa shape index (κ1) is 15.9. The maximum Gasteiger partial charge on any atom is 0.0731 e. The van der Waals surface area contributed by atoms with Crippen LogP contribution in [-0.4, -0.2) is 6.54 Å². The van der Waals surface area contributed by atoms with Crippen LogP contribution in [0.5, 0.6) is 0 Å². The third-order valence-corrected chi connectivity index (χ3v) is 6.52. The van der Waals surface area contributed by atoms with Gasteiger partial charge in [-0.2, -0.15) is 0 Å². The van der Waals surface area contributed by atoms with Gasteiger partial charge < -0.3 is 5.32 Å². The molecule has 0 aliphatic rings. The van der Waals surface area contributed by atoms with Gasteiger partial charge in [-0.15, -0.1) is 11.3 Å². The van der Waals surface area contributed by atoms with Gasteiger partial charge in [-0.3, -0.25) is 0 Å². The predicted octanol–water partition coefficient (Wildman–Crippen LogP) is 5.89. The molecule has 0 bridgehead atoms. The zero-order chi connectivity index (χ0) is 14.0. The smallest absolute Gasteiger partial charge is 0.0731 e. The molecule has 1 aromatic heterocycles. The first-order valence-electron chi connectivity index (χ1n) is 5.97. The summed E-state index contributed by atoms with van der Waals surface area (Å²) in [5.74, 6) is 0. The van der Waals surface area contributed by atoms with Crippen molar-refractivity contribution in [2.75, 3.05) is 6.54 Å². The van der Waals surface area contributed by atoms with Gasteiger partial charge in [-0.1, -0.05) is 22.9 Å². The van der Waals surface area contributed by atoms with E-state index in [4.69, 9.17) is 0 Å². The van der Waals surface area contributed by atoms with Crippen LogP contribution in [0.2, 0.25) is 0 Å². The van der Waals surface area contributed by atoms with Gasteiger partial charge in [0.2, 0.25) is 0 Å². The zero-order valence-corrected chi connectivity index (χ0v) is 16.8. The molecule has 0 radical (unpaired) electrons. The summed E-state index contributed by atoms with van der Waals surface area (Å²) in [6.07, 6.45) is 0. The van der Waals surface area contributed by atoms with Crippen LogP contribution in [0.1, 0.15) is 29.0 Å². The third kappa shape index (κ3) is 3.81. The average molecular weight is 515 g/mol. The van der Waals surface area contributed by atoms with Crippen molar-refractivity contribution in [1.82, 2.24) is 5.32 Å². The number of nitrogens with one attached hydrogen (secondary N) is 1. The predicted molar refractivity (Wildman–Crippen MR) is 99.1 cm³/mol. The minimum Gasteiger partial charge on any atom is -0.306 e. The Labute approximate surface area is 148 Å². The van der Waals surface area contributed by atoms with Crippen LogP contribution in [0.15, 0.2) is 32.5 Å². The van der Waals surface area contributed by atoms with Crippen LogP contribution in [0.25, 0.3) is 0 Å². The molecule has 19 heavy (non-hydrogen) atoms. The standard InChI is InChI=1S/C14H14Br2INS/c1-3-18-13(12-6-8(2)14(16)19-12)10-7-9(15)4-5-11(10)17/h4-7,13,18H,3H2,1-2H3. The Bertz CT molecular complexity index is 563. The largest absolute Gasteiger partial charge is 0.306 e. The number of benzene rings is 1. The molecule has 1 aromatic carbocycles. The van der Waals surface area contributed by atoms with Crippen molar-refractivity contribution in [2.24, 2.45) is 0 Å². The second kappa shape index (κ2) is 7.02. The van der Waals surface area contributed by atoms with E-state index in [0.29, 0.717) is 0 Å². The van der Waals surface area contributed by atoms with Crippen LogP contribution in [-0.2, 0) is 0 Å². The number of hydrogen-bond acceptors (Lipinski definition) is 2. The molecule has 1 heterocycles. The number of rotatable bonds is 4. The SMILES string of the molecule is CCNC(c1cc(C)c(Br)s1)c1cc(Br)ccc1I. The highest BCUT2D eigenvalue weighted by molar-refractivity contribution is 14.1. The zero-order valence-electron chi connectivity index (χ0n) is 10.6. The number of hydrogen-bond donors (Lipinski definition) is 1. The first-order valence-corrected chi connectivity index (χ1v) is 9.45. The Morgan fingerprint density at radius 3 is 2.63 bits per heavy atom. The highest BCUT2D eigenvalue weighted by Crippen LogP contribution is 2.36. The highest BCUT2D eigenvalue weighted by Gasteiger charge is 2.19. The lowest BCUT2D eigenvalue weighted by Gasteiger charge is -2.19. The van der Waals surface area contributed by atoms with Crippen molar-refractivity contribution in [3.63, 3.8) is 0 Å². The molecule has 1 N–H and O–H groups in total. The summed E-state index contributed by atoms with van der Waals surface area (Å²) in [7, 11) is 0. The lowest BCUT2D eigenvalue weighted by Crippen LogP contribution is -2.22. The normalized spacial score (nSPS) is 12.7. The summed E-state index contributed by atoms with van der Waals surface area (Å²) in [5.41, 5.74) is 2.62. The van der Waals surface area contributed by atoms with Gasteiger partial charge in [0, 0.05) is 12.9 Å². The number of aryl methyl sites for hydroxylation is 1. The number of thiophene rings is 1. The van der Waals surface area contributed by atoms with Crippen molar-refractivity contribution in [3.8, 4) is 0 Å². The van der Waals surface area contributed by atoms with E-state index >= 15 is 0 Å². The van der Waals surface area contributed by atoms with E-state index in [2.05, 4.69) is 97.9 Å². The summed E-state index contributed by atoms with van der Waals surface area (Å²) in [6, 6.07) is 8.96. The molecule has 0 amide bonds.